The summed E-state index contributed by atoms with van der Waals surface area (Å²) in [7, 11) is 0. The number of nitrogens with zero attached hydrogens (tertiary/aromatic N) is 2. The van der Waals surface area contributed by atoms with Gasteiger partial charge in [0.05, 0.1) is 29.8 Å². The lowest BCUT2D eigenvalue weighted by atomic mass is 9.57. The van der Waals surface area contributed by atoms with Gasteiger partial charge in [-0.05, 0) is 74.1 Å². The van der Waals surface area contributed by atoms with E-state index in [4.69, 9.17) is 0 Å². The maximum atomic E-state index is 13.3. The zero-order valence-corrected chi connectivity index (χ0v) is 15.7. The third kappa shape index (κ3) is 2.86. The topological polar surface area (TPSA) is 58.3 Å². The summed E-state index contributed by atoms with van der Waals surface area (Å²) in [5.41, 5.74) is 3.47. The van der Waals surface area contributed by atoms with E-state index in [0.717, 1.165) is 35.4 Å². The van der Waals surface area contributed by atoms with Crippen LogP contribution < -0.4 is 0 Å². The van der Waals surface area contributed by atoms with Crippen LogP contribution in [0.2, 0.25) is 0 Å². The second-order valence-corrected chi connectivity index (χ2v) is 8.05. The van der Waals surface area contributed by atoms with Crippen LogP contribution in [0.3, 0.4) is 0 Å². The highest BCUT2D eigenvalue weighted by atomic mass is 19.1. The predicted molar refractivity (Wildman–Crippen MR) is 103 cm³/mol. The Morgan fingerprint density at radius 2 is 2.07 bits per heavy atom. The molecule has 27 heavy (non-hydrogen) atoms. The first-order valence-electron chi connectivity index (χ1n) is 9.42. The summed E-state index contributed by atoms with van der Waals surface area (Å²) in [4.78, 5) is 0. The van der Waals surface area contributed by atoms with Crippen molar-refractivity contribution in [3.05, 3.63) is 64.8 Å². The Morgan fingerprint density at radius 3 is 2.78 bits per heavy atom. The Balaban J connectivity index is 1.79. The van der Waals surface area contributed by atoms with E-state index in [-0.39, 0.29) is 12.4 Å². The lowest BCUT2D eigenvalue weighted by Crippen LogP contribution is -2.51. The summed E-state index contributed by atoms with van der Waals surface area (Å²) < 4.78 is 15.1. The van der Waals surface area contributed by atoms with Gasteiger partial charge in [0.15, 0.2) is 0 Å². The van der Waals surface area contributed by atoms with E-state index in [0.29, 0.717) is 12.8 Å². The van der Waals surface area contributed by atoms with Crippen molar-refractivity contribution >= 4 is 6.08 Å². The second kappa shape index (κ2) is 6.43. The largest absolute Gasteiger partial charge is 0.392 e. The Kier molecular flexibility index (Phi) is 4.32. The van der Waals surface area contributed by atoms with Crippen molar-refractivity contribution in [2.75, 3.05) is 6.61 Å². The average molecular weight is 368 g/mol. The molecule has 1 aromatic carbocycles. The zero-order valence-electron chi connectivity index (χ0n) is 15.7. The van der Waals surface area contributed by atoms with Crippen LogP contribution in [0.15, 0.2) is 47.7 Å². The van der Waals surface area contributed by atoms with Gasteiger partial charge < -0.3 is 10.2 Å². The number of rotatable bonds is 3. The zero-order chi connectivity index (χ0) is 19.2. The molecule has 0 saturated heterocycles. The SMILES string of the molecule is C/C(=C/[C@]1(O)CCCC2=Cc3c(cnn3-c3ccc(F)cc3)CC21C)CO. The van der Waals surface area contributed by atoms with Crippen molar-refractivity contribution < 1.29 is 14.6 Å². The fourth-order valence-corrected chi connectivity index (χ4v) is 4.58. The minimum Gasteiger partial charge on any atom is -0.392 e. The number of aliphatic hydroxyl groups is 2. The Labute approximate surface area is 158 Å². The minimum absolute atomic E-state index is 0.0504. The summed E-state index contributed by atoms with van der Waals surface area (Å²) in [5.74, 6) is -0.269. The number of hydrogen-bond donors (Lipinski definition) is 2. The summed E-state index contributed by atoms with van der Waals surface area (Å²) in [6.45, 7) is 3.91. The summed E-state index contributed by atoms with van der Waals surface area (Å²) in [5, 5.41) is 25.5. The van der Waals surface area contributed by atoms with E-state index in [9.17, 15) is 14.6 Å². The third-order valence-electron chi connectivity index (χ3n) is 6.22. The normalized spacial score (nSPS) is 27.7. The van der Waals surface area contributed by atoms with Gasteiger partial charge in [-0.1, -0.05) is 18.6 Å². The number of hydrogen-bond acceptors (Lipinski definition) is 3. The molecule has 1 heterocycles. The van der Waals surface area contributed by atoms with Crippen LogP contribution >= 0.6 is 0 Å². The molecule has 1 fully saturated rings. The second-order valence-electron chi connectivity index (χ2n) is 8.05. The van der Waals surface area contributed by atoms with Crippen molar-refractivity contribution in [1.82, 2.24) is 9.78 Å². The van der Waals surface area contributed by atoms with Gasteiger partial charge >= 0.3 is 0 Å². The maximum Gasteiger partial charge on any atom is 0.123 e. The average Bonchev–Trinajstić information content (AvgIpc) is 3.04. The molecule has 1 saturated carbocycles. The molecule has 4 rings (SSSR count). The van der Waals surface area contributed by atoms with Crippen molar-refractivity contribution in [2.24, 2.45) is 5.41 Å². The predicted octanol–water partition coefficient (Wildman–Crippen LogP) is 3.81. The van der Waals surface area contributed by atoms with Crippen LogP contribution in [0.1, 0.15) is 44.4 Å². The molecule has 0 radical (unpaired) electrons. The molecule has 0 spiro atoms. The van der Waals surface area contributed by atoms with Crippen molar-refractivity contribution in [1.29, 1.82) is 0 Å². The van der Waals surface area contributed by atoms with E-state index in [1.54, 1.807) is 12.1 Å². The molecule has 2 aliphatic rings. The molecule has 2 N–H and O–H groups in total. The minimum atomic E-state index is -0.987. The fraction of sp³-hybridized carbons (Fsp3) is 0.409. The number of fused-ring (bicyclic) bond motifs is 2. The monoisotopic (exact) mass is 368 g/mol. The molecule has 4 nitrogen and oxygen atoms in total. The van der Waals surface area contributed by atoms with Crippen LogP contribution in [0.25, 0.3) is 11.8 Å². The van der Waals surface area contributed by atoms with Crippen LogP contribution in [-0.4, -0.2) is 32.2 Å². The smallest absolute Gasteiger partial charge is 0.123 e. The summed E-state index contributed by atoms with van der Waals surface area (Å²) in [6, 6.07) is 6.32. The fourth-order valence-electron chi connectivity index (χ4n) is 4.58. The number of halogens is 1. The van der Waals surface area contributed by atoms with Gasteiger partial charge in [0.1, 0.15) is 5.82 Å². The van der Waals surface area contributed by atoms with E-state index >= 15 is 0 Å². The molecule has 0 bridgehead atoms. The van der Waals surface area contributed by atoms with Gasteiger partial charge in [0.2, 0.25) is 0 Å². The van der Waals surface area contributed by atoms with Gasteiger partial charge in [-0.2, -0.15) is 5.10 Å². The lowest BCUT2D eigenvalue weighted by Gasteiger charge is -2.50. The first-order chi connectivity index (χ1) is 12.9. The lowest BCUT2D eigenvalue weighted by molar-refractivity contribution is -0.0376. The highest BCUT2D eigenvalue weighted by Crippen LogP contribution is 2.54. The molecular formula is C22H25FN2O2. The molecule has 2 aromatic rings. The van der Waals surface area contributed by atoms with Crippen molar-refractivity contribution in [3.63, 3.8) is 0 Å². The summed E-state index contributed by atoms with van der Waals surface area (Å²) >= 11 is 0. The molecule has 1 aromatic heterocycles. The molecular weight excluding hydrogens is 343 g/mol. The van der Waals surface area contributed by atoms with Crippen LogP contribution in [0.5, 0.6) is 0 Å². The number of aliphatic hydroxyl groups excluding tert-OH is 1. The van der Waals surface area contributed by atoms with Crippen molar-refractivity contribution in [3.8, 4) is 5.69 Å². The Morgan fingerprint density at radius 1 is 1.33 bits per heavy atom. The van der Waals surface area contributed by atoms with E-state index in [2.05, 4.69) is 18.1 Å². The van der Waals surface area contributed by atoms with Crippen LogP contribution in [0, 0.1) is 11.2 Å². The molecule has 2 atom stereocenters. The van der Waals surface area contributed by atoms with E-state index < -0.39 is 11.0 Å². The first kappa shape index (κ1) is 18.1. The van der Waals surface area contributed by atoms with Gasteiger partial charge in [0.25, 0.3) is 0 Å². The van der Waals surface area contributed by atoms with Gasteiger partial charge in [-0.3, -0.25) is 0 Å². The van der Waals surface area contributed by atoms with Crippen LogP contribution in [-0.2, 0) is 6.42 Å². The number of aromatic nitrogens is 2. The quantitative estimate of drug-likeness (QED) is 0.810. The van der Waals surface area contributed by atoms with Gasteiger partial charge in [-0.25, -0.2) is 9.07 Å². The van der Waals surface area contributed by atoms with Gasteiger partial charge in [0, 0.05) is 5.41 Å². The number of benzene rings is 1. The molecule has 142 valence electrons. The molecule has 5 heteroatoms. The highest BCUT2D eigenvalue weighted by molar-refractivity contribution is 5.62. The van der Waals surface area contributed by atoms with E-state index in [1.165, 1.54) is 17.7 Å². The Bertz CT molecular complexity index is 928. The van der Waals surface area contributed by atoms with Gasteiger partial charge in [-0.15, -0.1) is 0 Å². The molecule has 1 unspecified atom stereocenters. The van der Waals surface area contributed by atoms with Crippen molar-refractivity contribution in [2.45, 2.75) is 45.1 Å². The molecule has 0 amide bonds. The molecule has 0 aliphatic heterocycles. The molecule has 2 aliphatic carbocycles. The third-order valence-corrected chi connectivity index (χ3v) is 6.22. The first-order valence-corrected chi connectivity index (χ1v) is 9.42. The Hall–Kier alpha value is -2.24. The van der Waals surface area contributed by atoms with Crippen LogP contribution in [0.4, 0.5) is 4.39 Å². The summed E-state index contributed by atoms with van der Waals surface area (Å²) in [6.07, 6.45) is 9.01. The van der Waals surface area contributed by atoms with E-state index in [1.807, 2.05) is 23.9 Å². The maximum absolute atomic E-state index is 13.3. The standard InChI is InChI=1S/C22H25FN2O2/c1-15(14-26)11-22(27)9-3-4-17-10-20-16(12-21(17,22)2)13-24-25(20)19-7-5-18(23)6-8-19/h5-8,10-11,13,26-27H,3-4,9,12,14H2,1-2H3/b15-11-/t21?,22-/m1/s1. The highest BCUT2D eigenvalue weighted by Gasteiger charge is 2.51.